The summed E-state index contributed by atoms with van der Waals surface area (Å²) in [7, 11) is 0.961. The molecule has 24 heavy (non-hydrogen) atoms. The molecule has 0 amide bonds. The summed E-state index contributed by atoms with van der Waals surface area (Å²) in [5, 5.41) is 4.43. The fourth-order valence-electron chi connectivity index (χ4n) is 2.44. The second-order valence-corrected chi connectivity index (χ2v) is 6.80. The van der Waals surface area contributed by atoms with E-state index in [0.717, 1.165) is 0 Å². The molecule has 0 atom stereocenters. The van der Waals surface area contributed by atoms with Crippen LogP contribution in [0.1, 0.15) is 27.7 Å². The Morgan fingerprint density at radius 3 is 2.38 bits per heavy atom. The van der Waals surface area contributed by atoms with Gasteiger partial charge < -0.3 is 14.0 Å². The standard InChI is InChI=1S/C17H21BN2O4/c1-16(2)17(3,4)24-18(23-16)14-9-10-15(21)20(19-14)12-7-6-8-13(11-12)22-5/h6-11H,1-5H3. The predicted octanol–water partition coefficient (Wildman–Crippen LogP) is 1.54. The van der Waals surface area contributed by atoms with Crippen molar-refractivity contribution in [3.63, 3.8) is 0 Å². The highest BCUT2D eigenvalue weighted by Gasteiger charge is 2.52. The van der Waals surface area contributed by atoms with E-state index in [9.17, 15) is 4.79 Å². The highest BCUT2D eigenvalue weighted by atomic mass is 16.7. The molecule has 0 unspecified atom stereocenters. The molecule has 0 spiro atoms. The Morgan fingerprint density at radius 1 is 1.08 bits per heavy atom. The van der Waals surface area contributed by atoms with Crippen LogP contribution in [0.25, 0.3) is 5.69 Å². The van der Waals surface area contributed by atoms with Crippen molar-refractivity contribution in [1.82, 2.24) is 9.78 Å². The van der Waals surface area contributed by atoms with Crippen LogP contribution in [0.15, 0.2) is 41.2 Å². The molecule has 2 heterocycles. The van der Waals surface area contributed by atoms with Crippen molar-refractivity contribution in [2.75, 3.05) is 7.11 Å². The molecule has 126 valence electrons. The summed E-state index contributed by atoms with van der Waals surface area (Å²) in [6.07, 6.45) is 0. The van der Waals surface area contributed by atoms with Gasteiger partial charge in [-0.25, -0.2) is 0 Å². The molecule has 6 nitrogen and oxygen atoms in total. The van der Waals surface area contributed by atoms with Crippen molar-refractivity contribution in [3.8, 4) is 11.4 Å². The fourth-order valence-corrected chi connectivity index (χ4v) is 2.44. The van der Waals surface area contributed by atoms with Gasteiger partial charge >= 0.3 is 7.12 Å². The lowest BCUT2D eigenvalue weighted by molar-refractivity contribution is 0.00578. The van der Waals surface area contributed by atoms with Crippen LogP contribution in [0, 0.1) is 0 Å². The minimum absolute atomic E-state index is 0.233. The van der Waals surface area contributed by atoms with Gasteiger partial charge in [0.1, 0.15) is 5.75 Å². The minimum atomic E-state index is -0.618. The van der Waals surface area contributed by atoms with E-state index in [2.05, 4.69) is 5.10 Å². The summed E-state index contributed by atoms with van der Waals surface area (Å²) >= 11 is 0. The van der Waals surface area contributed by atoms with Crippen LogP contribution in [-0.2, 0) is 9.31 Å². The summed E-state index contributed by atoms with van der Waals surface area (Å²) in [5.41, 5.74) is 0.0179. The van der Waals surface area contributed by atoms with E-state index in [1.165, 1.54) is 10.7 Å². The summed E-state index contributed by atoms with van der Waals surface area (Å²) < 4.78 is 18.5. The SMILES string of the molecule is COc1cccc(-n2nc(B3OC(C)(C)C(C)(C)O3)ccc2=O)c1. The third kappa shape index (κ3) is 2.85. The molecule has 0 bridgehead atoms. The zero-order valence-corrected chi connectivity index (χ0v) is 14.6. The quantitative estimate of drug-likeness (QED) is 0.800. The first-order valence-corrected chi connectivity index (χ1v) is 7.84. The van der Waals surface area contributed by atoms with Gasteiger partial charge in [0.05, 0.1) is 29.6 Å². The summed E-state index contributed by atoms with van der Waals surface area (Å²) in [6, 6.07) is 10.3. The Labute approximate surface area is 141 Å². The number of rotatable bonds is 3. The Bertz CT molecular complexity index is 800. The first-order valence-electron chi connectivity index (χ1n) is 7.84. The molecule has 3 rings (SSSR count). The van der Waals surface area contributed by atoms with E-state index < -0.39 is 18.3 Å². The molecule has 0 aliphatic carbocycles. The molecule has 7 heteroatoms. The van der Waals surface area contributed by atoms with Gasteiger partial charge in [-0.1, -0.05) is 6.07 Å². The Hall–Kier alpha value is -2.12. The second kappa shape index (κ2) is 5.75. The van der Waals surface area contributed by atoms with Crippen molar-refractivity contribution in [2.45, 2.75) is 38.9 Å². The number of ether oxygens (including phenoxy) is 1. The minimum Gasteiger partial charge on any atom is -0.497 e. The van der Waals surface area contributed by atoms with Crippen LogP contribution in [-0.4, -0.2) is 35.2 Å². The molecule has 1 aliphatic heterocycles. The molecule has 1 aromatic carbocycles. The molecule has 1 fully saturated rings. The fraction of sp³-hybridized carbons (Fsp3) is 0.412. The topological polar surface area (TPSA) is 62.6 Å². The van der Waals surface area contributed by atoms with Gasteiger partial charge in [0.2, 0.25) is 0 Å². The maximum absolute atomic E-state index is 12.2. The van der Waals surface area contributed by atoms with Crippen molar-refractivity contribution in [2.24, 2.45) is 0 Å². The summed E-state index contributed by atoms with van der Waals surface area (Å²) in [6.45, 7) is 7.91. The van der Waals surface area contributed by atoms with Crippen LogP contribution >= 0.6 is 0 Å². The highest BCUT2D eigenvalue weighted by Crippen LogP contribution is 2.36. The number of nitrogens with zero attached hydrogens (tertiary/aromatic N) is 2. The molecule has 0 N–H and O–H groups in total. The largest absolute Gasteiger partial charge is 0.516 e. The van der Waals surface area contributed by atoms with E-state index in [-0.39, 0.29) is 5.56 Å². The Balaban J connectivity index is 2.00. The van der Waals surface area contributed by atoms with Crippen LogP contribution < -0.4 is 15.9 Å². The van der Waals surface area contributed by atoms with Crippen LogP contribution in [0.5, 0.6) is 5.75 Å². The number of aromatic nitrogens is 2. The maximum Gasteiger partial charge on any atom is 0.516 e. The van der Waals surface area contributed by atoms with Gasteiger partial charge in [-0.2, -0.15) is 9.78 Å². The lowest BCUT2D eigenvalue weighted by Gasteiger charge is -2.32. The van der Waals surface area contributed by atoms with E-state index in [0.29, 0.717) is 17.0 Å². The second-order valence-electron chi connectivity index (χ2n) is 6.80. The average molecular weight is 328 g/mol. The first-order chi connectivity index (χ1) is 11.2. The van der Waals surface area contributed by atoms with Crippen LogP contribution in [0.4, 0.5) is 0 Å². The lowest BCUT2D eigenvalue weighted by Crippen LogP contribution is -2.41. The normalized spacial score (nSPS) is 18.6. The molecule has 1 saturated heterocycles. The van der Waals surface area contributed by atoms with E-state index in [1.807, 2.05) is 39.8 Å². The smallest absolute Gasteiger partial charge is 0.497 e. The number of hydrogen-bond acceptors (Lipinski definition) is 5. The third-order valence-electron chi connectivity index (χ3n) is 4.61. The van der Waals surface area contributed by atoms with Crippen molar-refractivity contribution >= 4 is 12.7 Å². The number of hydrogen-bond donors (Lipinski definition) is 0. The van der Waals surface area contributed by atoms with Gasteiger partial charge in [-0.3, -0.25) is 4.79 Å². The van der Waals surface area contributed by atoms with Crippen LogP contribution in [0.2, 0.25) is 0 Å². The maximum atomic E-state index is 12.2. The lowest BCUT2D eigenvalue weighted by atomic mass is 9.85. The zero-order valence-electron chi connectivity index (χ0n) is 14.6. The third-order valence-corrected chi connectivity index (χ3v) is 4.61. The van der Waals surface area contributed by atoms with Gasteiger partial charge in [-0.05, 0) is 45.9 Å². The summed E-state index contributed by atoms with van der Waals surface area (Å²) in [4.78, 5) is 12.2. The summed E-state index contributed by atoms with van der Waals surface area (Å²) in [5.74, 6) is 0.655. The first kappa shape index (κ1) is 16.7. The molecule has 0 radical (unpaired) electrons. The Morgan fingerprint density at radius 2 is 1.75 bits per heavy atom. The predicted molar refractivity (Wildman–Crippen MR) is 92.1 cm³/mol. The van der Waals surface area contributed by atoms with Crippen molar-refractivity contribution in [3.05, 3.63) is 46.8 Å². The van der Waals surface area contributed by atoms with Crippen molar-refractivity contribution < 1.29 is 14.0 Å². The van der Waals surface area contributed by atoms with Gasteiger partial charge in [0.25, 0.3) is 5.56 Å². The molecule has 0 saturated carbocycles. The molecular weight excluding hydrogens is 307 g/mol. The Kier molecular flexibility index (Phi) is 4.01. The average Bonchev–Trinajstić information content (AvgIpc) is 2.76. The van der Waals surface area contributed by atoms with Crippen LogP contribution in [0.3, 0.4) is 0 Å². The van der Waals surface area contributed by atoms with E-state index in [1.54, 1.807) is 25.3 Å². The molecule has 1 aromatic heterocycles. The van der Waals surface area contributed by atoms with E-state index >= 15 is 0 Å². The van der Waals surface area contributed by atoms with Gasteiger partial charge in [0.15, 0.2) is 0 Å². The van der Waals surface area contributed by atoms with E-state index in [4.69, 9.17) is 14.0 Å². The monoisotopic (exact) mass is 328 g/mol. The highest BCUT2D eigenvalue weighted by molar-refractivity contribution is 6.61. The zero-order chi connectivity index (χ0) is 17.5. The molecule has 1 aliphatic rings. The van der Waals surface area contributed by atoms with Crippen molar-refractivity contribution in [1.29, 1.82) is 0 Å². The molecule has 2 aromatic rings. The number of benzene rings is 1. The van der Waals surface area contributed by atoms with Gasteiger partial charge in [-0.15, -0.1) is 0 Å². The van der Waals surface area contributed by atoms with Gasteiger partial charge in [0, 0.05) is 12.1 Å². The molecular formula is C17H21BN2O4. The number of methoxy groups -OCH3 is 1.